The minimum Gasteiger partial charge on any atom is -0.376 e. The van der Waals surface area contributed by atoms with Crippen LogP contribution in [0, 0.1) is 6.92 Å². The van der Waals surface area contributed by atoms with Crippen molar-refractivity contribution >= 4 is 0 Å². The summed E-state index contributed by atoms with van der Waals surface area (Å²) in [6.07, 6.45) is 0.979. The van der Waals surface area contributed by atoms with Gasteiger partial charge in [0.25, 0.3) is 0 Å². The molecule has 0 aliphatic carbocycles. The molecule has 2 aromatic rings. The lowest BCUT2D eigenvalue weighted by Gasteiger charge is -2.05. The van der Waals surface area contributed by atoms with Crippen molar-refractivity contribution < 1.29 is 4.74 Å². The van der Waals surface area contributed by atoms with Crippen LogP contribution in [0.2, 0.25) is 0 Å². The molecule has 0 fully saturated rings. The Bertz CT molecular complexity index is 431. The number of hydrogen-bond acceptors (Lipinski definition) is 1. The number of hydrogen-bond donors (Lipinski definition) is 0. The molecule has 0 amide bonds. The smallest absolute Gasteiger partial charge is 0.0717 e. The van der Waals surface area contributed by atoms with E-state index in [1.165, 1.54) is 16.7 Å². The van der Waals surface area contributed by atoms with Gasteiger partial charge in [-0.1, -0.05) is 60.2 Å². The number of rotatable bonds is 5. The van der Waals surface area contributed by atoms with Gasteiger partial charge in [-0.25, -0.2) is 0 Å². The van der Waals surface area contributed by atoms with Crippen LogP contribution in [0.25, 0.3) is 0 Å². The molecule has 1 heteroatoms. The fourth-order valence-electron chi connectivity index (χ4n) is 1.71. The zero-order valence-electron chi connectivity index (χ0n) is 10.2. The highest BCUT2D eigenvalue weighted by atomic mass is 16.5. The Balaban J connectivity index is 1.71. The van der Waals surface area contributed by atoms with Crippen LogP contribution in [0.4, 0.5) is 0 Å². The average molecular weight is 226 g/mol. The first-order valence-corrected chi connectivity index (χ1v) is 6.02. The number of aryl methyl sites for hydroxylation is 1. The summed E-state index contributed by atoms with van der Waals surface area (Å²) in [4.78, 5) is 0. The van der Waals surface area contributed by atoms with Crippen molar-refractivity contribution in [3.8, 4) is 0 Å². The van der Waals surface area contributed by atoms with Crippen molar-refractivity contribution in [2.45, 2.75) is 20.0 Å². The lowest BCUT2D eigenvalue weighted by Crippen LogP contribution is -1.99. The lowest BCUT2D eigenvalue weighted by molar-refractivity contribution is 0.124. The molecule has 0 saturated heterocycles. The maximum absolute atomic E-state index is 5.65. The summed E-state index contributed by atoms with van der Waals surface area (Å²) >= 11 is 0. The van der Waals surface area contributed by atoms with E-state index in [-0.39, 0.29) is 0 Å². The monoisotopic (exact) mass is 226 g/mol. The SMILES string of the molecule is Cc1ccc(CCOCc2ccccc2)cc1. The maximum Gasteiger partial charge on any atom is 0.0717 e. The van der Waals surface area contributed by atoms with E-state index in [9.17, 15) is 0 Å². The van der Waals surface area contributed by atoms with Gasteiger partial charge in [0.15, 0.2) is 0 Å². The van der Waals surface area contributed by atoms with E-state index in [0.717, 1.165) is 13.0 Å². The second kappa shape index (κ2) is 6.21. The fraction of sp³-hybridized carbons (Fsp3) is 0.250. The third kappa shape index (κ3) is 4.04. The van der Waals surface area contributed by atoms with E-state index >= 15 is 0 Å². The Labute approximate surface area is 103 Å². The molecule has 17 heavy (non-hydrogen) atoms. The molecule has 88 valence electrons. The van der Waals surface area contributed by atoms with E-state index in [4.69, 9.17) is 4.74 Å². The highest BCUT2D eigenvalue weighted by Gasteiger charge is 1.94. The van der Waals surface area contributed by atoms with E-state index in [0.29, 0.717) is 6.61 Å². The van der Waals surface area contributed by atoms with Gasteiger partial charge in [-0.15, -0.1) is 0 Å². The molecule has 0 atom stereocenters. The van der Waals surface area contributed by atoms with E-state index in [1.807, 2.05) is 18.2 Å². The zero-order chi connectivity index (χ0) is 11.9. The van der Waals surface area contributed by atoms with Gasteiger partial charge in [-0.05, 0) is 24.5 Å². The van der Waals surface area contributed by atoms with Crippen LogP contribution >= 0.6 is 0 Å². The Morgan fingerprint density at radius 1 is 0.824 bits per heavy atom. The predicted octanol–water partition coefficient (Wildman–Crippen LogP) is 3.75. The molecule has 1 nitrogen and oxygen atoms in total. The summed E-state index contributed by atoms with van der Waals surface area (Å²) in [5.74, 6) is 0. The van der Waals surface area contributed by atoms with Crippen LogP contribution in [-0.4, -0.2) is 6.61 Å². The molecule has 0 bridgehead atoms. The molecular formula is C16H18O. The number of ether oxygens (including phenoxy) is 1. The van der Waals surface area contributed by atoms with Crippen molar-refractivity contribution in [3.05, 3.63) is 71.3 Å². The molecule has 2 aromatic carbocycles. The molecule has 0 aromatic heterocycles. The topological polar surface area (TPSA) is 9.23 Å². The van der Waals surface area contributed by atoms with Gasteiger partial charge in [0.2, 0.25) is 0 Å². The molecule has 0 radical (unpaired) electrons. The fourth-order valence-corrected chi connectivity index (χ4v) is 1.71. The standard InChI is InChI=1S/C16H18O/c1-14-7-9-15(10-8-14)11-12-17-13-16-5-3-2-4-6-16/h2-10H,11-13H2,1H3. The van der Waals surface area contributed by atoms with Crippen LogP contribution in [0.3, 0.4) is 0 Å². The summed E-state index contributed by atoms with van der Waals surface area (Å²) in [6, 6.07) is 18.9. The first kappa shape index (κ1) is 11.9. The summed E-state index contributed by atoms with van der Waals surface area (Å²) < 4.78 is 5.65. The lowest BCUT2D eigenvalue weighted by atomic mass is 10.1. The van der Waals surface area contributed by atoms with Gasteiger partial charge >= 0.3 is 0 Å². The normalized spacial score (nSPS) is 10.4. The summed E-state index contributed by atoms with van der Waals surface area (Å²) in [5.41, 5.74) is 3.87. The summed E-state index contributed by atoms with van der Waals surface area (Å²) in [5, 5.41) is 0. The highest BCUT2D eigenvalue weighted by Crippen LogP contribution is 2.05. The molecule has 0 aliphatic rings. The minimum absolute atomic E-state index is 0.701. The Morgan fingerprint density at radius 2 is 1.53 bits per heavy atom. The Kier molecular flexibility index (Phi) is 4.34. The molecule has 0 saturated carbocycles. The van der Waals surface area contributed by atoms with Crippen LogP contribution < -0.4 is 0 Å². The molecule has 0 N–H and O–H groups in total. The molecule has 2 rings (SSSR count). The molecular weight excluding hydrogens is 208 g/mol. The third-order valence-corrected chi connectivity index (χ3v) is 2.77. The zero-order valence-corrected chi connectivity index (χ0v) is 10.2. The number of benzene rings is 2. The van der Waals surface area contributed by atoms with Gasteiger partial charge in [0.1, 0.15) is 0 Å². The molecule has 0 aliphatic heterocycles. The minimum atomic E-state index is 0.701. The first-order chi connectivity index (χ1) is 8.34. The van der Waals surface area contributed by atoms with Crippen LogP contribution in [0.15, 0.2) is 54.6 Å². The van der Waals surface area contributed by atoms with Gasteiger partial charge in [0.05, 0.1) is 13.2 Å². The average Bonchev–Trinajstić information content (AvgIpc) is 2.38. The first-order valence-electron chi connectivity index (χ1n) is 6.02. The van der Waals surface area contributed by atoms with E-state index in [2.05, 4.69) is 43.3 Å². The van der Waals surface area contributed by atoms with Crippen molar-refractivity contribution in [1.29, 1.82) is 0 Å². The van der Waals surface area contributed by atoms with Crippen LogP contribution in [-0.2, 0) is 17.8 Å². The maximum atomic E-state index is 5.65. The second-order valence-electron chi connectivity index (χ2n) is 4.27. The Morgan fingerprint density at radius 3 is 2.24 bits per heavy atom. The predicted molar refractivity (Wildman–Crippen MR) is 71.0 cm³/mol. The molecule has 0 heterocycles. The van der Waals surface area contributed by atoms with Crippen molar-refractivity contribution in [3.63, 3.8) is 0 Å². The van der Waals surface area contributed by atoms with Crippen molar-refractivity contribution in [1.82, 2.24) is 0 Å². The quantitative estimate of drug-likeness (QED) is 0.705. The third-order valence-electron chi connectivity index (χ3n) is 2.77. The van der Waals surface area contributed by atoms with Crippen molar-refractivity contribution in [2.75, 3.05) is 6.61 Å². The van der Waals surface area contributed by atoms with Crippen molar-refractivity contribution in [2.24, 2.45) is 0 Å². The summed E-state index contributed by atoms with van der Waals surface area (Å²) in [6.45, 7) is 3.58. The summed E-state index contributed by atoms with van der Waals surface area (Å²) in [7, 11) is 0. The largest absolute Gasteiger partial charge is 0.376 e. The van der Waals surface area contributed by atoms with Gasteiger partial charge in [0, 0.05) is 0 Å². The van der Waals surface area contributed by atoms with E-state index in [1.54, 1.807) is 0 Å². The van der Waals surface area contributed by atoms with Gasteiger partial charge in [-0.3, -0.25) is 0 Å². The highest BCUT2D eigenvalue weighted by molar-refractivity contribution is 5.21. The van der Waals surface area contributed by atoms with Crippen LogP contribution in [0.1, 0.15) is 16.7 Å². The second-order valence-corrected chi connectivity index (χ2v) is 4.27. The van der Waals surface area contributed by atoms with E-state index < -0.39 is 0 Å². The van der Waals surface area contributed by atoms with Gasteiger partial charge in [-0.2, -0.15) is 0 Å². The molecule has 0 spiro atoms. The Hall–Kier alpha value is -1.60. The van der Waals surface area contributed by atoms with Crippen LogP contribution in [0.5, 0.6) is 0 Å². The van der Waals surface area contributed by atoms with Gasteiger partial charge < -0.3 is 4.74 Å². The molecule has 0 unspecified atom stereocenters.